The minimum absolute atomic E-state index is 0. The zero-order valence-corrected chi connectivity index (χ0v) is 6.99. The third-order valence-electron chi connectivity index (χ3n) is 2.01. The van der Waals surface area contributed by atoms with Crippen LogP contribution in [0.4, 0.5) is 0 Å². The molecule has 0 saturated carbocycles. The summed E-state index contributed by atoms with van der Waals surface area (Å²) in [6, 6.07) is -0.270. The fourth-order valence-corrected chi connectivity index (χ4v) is 1.49. The molecule has 0 unspecified atom stereocenters. The second-order valence-electron chi connectivity index (χ2n) is 2.78. The predicted octanol–water partition coefficient (Wildman–Crippen LogP) is -0.103. The highest BCUT2D eigenvalue weighted by Crippen LogP contribution is 2.16. The zero-order chi connectivity index (χ0) is 8.27. The smallest absolute Gasteiger partial charge is 0.320 e. The highest BCUT2D eigenvalue weighted by atomic mass is 16.4. The van der Waals surface area contributed by atoms with Gasteiger partial charge in [-0.05, 0) is 19.4 Å². The Morgan fingerprint density at radius 1 is 1.75 bits per heavy atom. The largest absolute Gasteiger partial charge is 0.480 e. The summed E-state index contributed by atoms with van der Waals surface area (Å²) in [6.07, 6.45) is 3.52. The summed E-state index contributed by atoms with van der Waals surface area (Å²) in [5.74, 6) is -0.704. The van der Waals surface area contributed by atoms with Crippen LogP contribution < -0.4 is 0 Å². The maximum atomic E-state index is 10.6. The first-order chi connectivity index (χ1) is 5.25. The number of carboxylic acids is 1. The molecule has 12 heavy (non-hydrogen) atoms. The number of aliphatic carboxylic acids is 1. The number of rotatable bonds is 3. The van der Waals surface area contributed by atoms with Crippen molar-refractivity contribution < 1.29 is 15.4 Å². The molecule has 1 rings (SSSR count). The number of hydrogen-bond donors (Lipinski definition) is 1. The van der Waals surface area contributed by atoms with Crippen molar-refractivity contribution in [1.29, 1.82) is 0 Å². The summed E-state index contributed by atoms with van der Waals surface area (Å²) in [6.45, 7) is 5.17. The Morgan fingerprint density at radius 2 is 2.42 bits per heavy atom. The van der Waals surface area contributed by atoms with Crippen molar-refractivity contribution in [2.75, 3.05) is 13.1 Å². The summed E-state index contributed by atoms with van der Waals surface area (Å²) >= 11 is 0. The molecule has 0 bridgehead atoms. The average molecular weight is 173 g/mol. The molecule has 1 heterocycles. The second kappa shape index (κ2) is 4.90. The lowest BCUT2D eigenvalue weighted by atomic mass is 10.2. The lowest BCUT2D eigenvalue weighted by Gasteiger charge is -2.18. The van der Waals surface area contributed by atoms with Gasteiger partial charge in [0.2, 0.25) is 0 Å². The van der Waals surface area contributed by atoms with Gasteiger partial charge in [-0.3, -0.25) is 9.69 Å². The molecule has 0 aromatic heterocycles. The van der Waals surface area contributed by atoms with Crippen molar-refractivity contribution in [2.24, 2.45) is 0 Å². The van der Waals surface area contributed by atoms with E-state index >= 15 is 0 Å². The Balaban J connectivity index is 0.00000121. The second-order valence-corrected chi connectivity index (χ2v) is 2.78. The van der Waals surface area contributed by atoms with Crippen LogP contribution >= 0.6 is 0 Å². The Morgan fingerprint density at radius 3 is 2.92 bits per heavy atom. The summed E-state index contributed by atoms with van der Waals surface area (Å²) in [5.41, 5.74) is 0. The fourth-order valence-electron chi connectivity index (χ4n) is 1.49. The third kappa shape index (κ3) is 2.32. The molecule has 4 heteroatoms. The summed E-state index contributed by atoms with van der Waals surface area (Å²) < 4.78 is 0. The summed E-state index contributed by atoms with van der Waals surface area (Å²) in [5, 5.41) is 8.73. The maximum Gasteiger partial charge on any atom is 0.320 e. The molecular weight excluding hydrogens is 158 g/mol. The minimum atomic E-state index is -0.704. The van der Waals surface area contributed by atoms with Gasteiger partial charge in [0.25, 0.3) is 0 Å². The predicted molar refractivity (Wildman–Crippen MR) is 46.0 cm³/mol. The average Bonchev–Trinajstić information content (AvgIpc) is 2.36. The molecule has 0 aromatic rings. The molecule has 0 aromatic carbocycles. The van der Waals surface area contributed by atoms with Crippen molar-refractivity contribution in [3.63, 3.8) is 0 Å². The van der Waals surface area contributed by atoms with E-state index in [0.29, 0.717) is 6.54 Å². The van der Waals surface area contributed by atoms with Gasteiger partial charge >= 0.3 is 5.97 Å². The minimum Gasteiger partial charge on any atom is -0.480 e. The number of carboxylic acid groups (broad SMARTS) is 1. The number of hydrogen-bond acceptors (Lipinski definition) is 2. The van der Waals surface area contributed by atoms with Gasteiger partial charge in [-0.1, -0.05) is 6.08 Å². The monoisotopic (exact) mass is 173 g/mol. The normalized spacial score (nSPS) is 23.2. The SMILES string of the molecule is C=CCN1CCC[C@H]1C(=O)O.O. The lowest BCUT2D eigenvalue weighted by molar-refractivity contribution is -0.141. The van der Waals surface area contributed by atoms with Crippen LogP contribution in [0.25, 0.3) is 0 Å². The van der Waals surface area contributed by atoms with Gasteiger partial charge in [-0.25, -0.2) is 0 Å². The topological polar surface area (TPSA) is 72.0 Å². The quantitative estimate of drug-likeness (QED) is 0.605. The lowest BCUT2D eigenvalue weighted by Crippen LogP contribution is -2.35. The Kier molecular flexibility index (Phi) is 4.54. The van der Waals surface area contributed by atoms with Crippen LogP contribution in [0, 0.1) is 0 Å². The van der Waals surface area contributed by atoms with Gasteiger partial charge < -0.3 is 10.6 Å². The Hall–Kier alpha value is -0.870. The van der Waals surface area contributed by atoms with Crippen LogP contribution in [0.5, 0.6) is 0 Å². The molecule has 1 fully saturated rings. The summed E-state index contributed by atoms with van der Waals surface area (Å²) in [4.78, 5) is 12.6. The van der Waals surface area contributed by atoms with E-state index in [4.69, 9.17) is 5.11 Å². The molecule has 0 aliphatic carbocycles. The molecule has 1 aliphatic heterocycles. The van der Waals surface area contributed by atoms with Crippen LogP contribution in [0.3, 0.4) is 0 Å². The van der Waals surface area contributed by atoms with Gasteiger partial charge in [0.05, 0.1) is 0 Å². The highest BCUT2D eigenvalue weighted by Gasteiger charge is 2.28. The van der Waals surface area contributed by atoms with Crippen molar-refractivity contribution in [2.45, 2.75) is 18.9 Å². The van der Waals surface area contributed by atoms with Gasteiger partial charge in [0.15, 0.2) is 0 Å². The maximum absolute atomic E-state index is 10.6. The van der Waals surface area contributed by atoms with E-state index in [9.17, 15) is 4.79 Å². The van der Waals surface area contributed by atoms with Crippen molar-refractivity contribution in [3.8, 4) is 0 Å². The van der Waals surface area contributed by atoms with Gasteiger partial charge in [-0.15, -0.1) is 6.58 Å². The molecular formula is C8H15NO3. The van der Waals surface area contributed by atoms with Crippen molar-refractivity contribution in [1.82, 2.24) is 4.90 Å². The fraction of sp³-hybridized carbons (Fsp3) is 0.625. The zero-order valence-electron chi connectivity index (χ0n) is 6.99. The standard InChI is InChI=1S/C8H13NO2.H2O/c1-2-5-9-6-3-4-7(9)8(10)11;/h2,7H,1,3-6H2,(H,10,11);1H2/t7-;/m0./s1. The van der Waals surface area contributed by atoms with E-state index in [-0.39, 0.29) is 11.5 Å². The van der Waals surface area contributed by atoms with E-state index in [0.717, 1.165) is 19.4 Å². The van der Waals surface area contributed by atoms with E-state index < -0.39 is 5.97 Å². The van der Waals surface area contributed by atoms with Gasteiger partial charge in [-0.2, -0.15) is 0 Å². The number of carbonyl (C=O) groups is 1. The number of likely N-dealkylation sites (tertiary alicyclic amines) is 1. The first kappa shape index (κ1) is 11.1. The molecule has 1 saturated heterocycles. The molecule has 1 atom stereocenters. The van der Waals surface area contributed by atoms with E-state index in [1.807, 2.05) is 4.90 Å². The molecule has 0 spiro atoms. The first-order valence-electron chi connectivity index (χ1n) is 3.83. The summed E-state index contributed by atoms with van der Waals surface area (Å²) in [7, 11) is 0. The van der Waals surface area contributed by atoms with Gasteiger partial charge in [0.1, 0.15) is 6.04 Å². The Labute approximate surface area is 71.8 Å². The van der Waals surface area contributed by atoms with Crippen LogP contribution in [0.15, 0.2) is 12.7 Å². The highest BCUT2D eigenvalue weighted by molar-refractivity contribution is 5.73. The van der Waals surface area contributed by atoms with Crippen molar-refractivity contribution >= 4 is 5.97 Å². The molecule has 70 valence electrons. The van der Waals surface area contributed by atoms with Crippen LogP contribution in [0.2, 0.25) is 0 Å². The number of nitrogens with zero attached hydrogens (tertiary/aromatic N) is 1. The first-order valence-corrected chi connectivity index (χ1v) is 3.83. The molecule has 0 amide bonds. The van der Waals surface area contributed by atoms with Gasteiger partial charge in [0, 0.05) is 6.54 Å². The van der Waals surface area contributed by atoms with E-state index in [2.05, 4.69) is 6.58 Å². The molecule has 0 radical (unpaired) electrons. The van der Waals surface area contributed by atoms with E-state index in [1.54, 1.807) is 6.08 Å². The van der Waals surface area contributed by atoms with Crippen LogP contribution in [-0.4, -0.2) is 40.6 Å². The molecule has 3 N–H and O–H groups in total. The molecule has 4 nitrogen and oxygen atoms in total. The third-order valence-corrected chi connectivity index (χ3v) is 2.01. The van der Waals surface area contributed by atoms with Crippen molar-refractivity contribution in [3.05, 3.63) is 12.7 Å². The van der Waals surface area contributed by atoms with E-state index in [1.165, 1.54) is 0 Å². The van der Waals surface area contributed by atoms with Crippen LogP contribution in [0.1, 0.15) is 12.8 Å². The van der Waals surface area contributed by atoms with Crippen LogP contribution in [-0.2, 0) is 4.79 Å². The molecule has 1 aliphatic rings. The Bertz CT molecular complexity index is 170.